The van der Waals surface area contributed by atoms with Gasteiger partial charge in [0, 0.05) is 18.4 Å². The minimum Gasteiger partial charge on any atom is -0.396 e. The first-order valence-electron chi connectivity index (χ1n) is 6.94. The van der Waals surface area contributed by atoms with E-state index in [1.807, 2.05) is 25.1 Å². The van der Waals surface area contributed by atoms with Gasteiger partial charge in [-0.25, -0.2) is 4.39 Å². The Balaban J connectivity index is 2.35. The SMILES string of the molecule is Cc1cc(-c2ccccn2)c2ccc(F)cc2c1CCO. The lowest BCUT2D eigenvalue weighted by molar-refractivity contribution is 0.300. The van der Waals surface area contributed by atoms with Crippen molar-refractivity contribution in [2.45, 2.75) is 13.3 Å². The lowest BCUT2D eigenvalue weighted by Crippen LogP contribution is -1.98. The van der Waals surface area contributed by atoms with Gasteiger partial charge >= 0.3 is 0 Å². The maximum Gasteiger partial charge on any atom is 0.123 e. The molecule has 21 heavy (non-hydrogen) atoms. The Bertz CT molecular complexity index is 784. The summed E-state index contributed by atoms with van der Waals surface area (Å²) in [7, 11) is 0. The second-order valence-electron chi connectivity index (χ2n) is 5.10. The molecular formula is C18H16FNO. The maximum atomic E-state index is 13.6. The Morgan fingerprint density at radius 2 is 1.95 bits per heavy atom. The summed E-state index contributed by atoms with van der Waals surface area (Å²) < 4.78 is 13.6. The zero-order chi connectivity index (χ0) is 14.8. The predicted octanol–water partition coefficient (Wildman–Crippen LogP) is 3.88. The van der Waals surface area contributed by atoms with Gasteiger partial charge in [0.25, 0.3) is 0 Å². The Hall–Kier alpha value is -2.26. The normalized spacial score (nSPS) is 11.0. The molecule has 0 aliphatic heterocycles. The molecule has 3 heteroatoms. The van der Waals surface area contributed by atoms with Crippen molar-refractivity contribution >= 4 is 10.8 Å². The number of aliphatic hydroxyl groups is 1. The van der Waals surface area contributed by atoms with Gasteiger partial charge in [0.1, 0.15) is 5.82 Å². The van der Waals surface area contributed by atoms with Crippen LogP contribution in [0, 0.1) is 12.7 Å². The molecule has 0 saturated heterocycles. The highest BCUT2D eigenvalue weighted by atomic mass is 19.1. The van der Waals surface area contributed by atoms with Crippen molar-refractivity contribution in [1.29, 1.82) is 0 Å². The molecule has 0 spiro atoms. The highest BCUT2D eigenvalue weighted by Gasteiger charge is 2.12. The van der Waals surface area contributed by atoms with Crippen LogP contribution in [-0.4, -0.2) is 16.7 Å². The molecule has 0 bridgehead atoms. The Morgan fingerprint density at radius 1 is 1.10 bits per heavy atom. The minimum atomic E-state index is -0.265. The first kappa shape index (κ1) is 13.7. The molecule has 3 aromatic rings. The summed E-state index contributed by atoms with van der Waals surface area (Å²) in [5.41, 5.74) is 3.90. The van der Waals surface area contributed by atoms with E-state index in [-0.39, 0.29) is 12.4 Å². The molecule has 2 aromatic carbocycles. The van der Waals surface area contributed by atoms with E-state index in [4.69, 9.17) is 0 Å². The summed E-state index contributed by atoms with van der Waals surface area (Å²) in [5, 5.41) is 11.1. The number of aliphatic hydroxyl groups excluding tert-OH is 1. The number of fused-ring (bicyclic) bond motifs is 1. The molecule has 0 atom stereocenters. The van der Waals surface area contributed by atoms with E-state index >= 15 is 0 Å². The lowest BCUT2D eigenvalue weighted by Gasteiger charge is -2.14. The summed E-state index contributed by atoms with van der Waals surface area (Å²) in [6, 6.07) is 12.6. The van der Waals surface area contributed by atoms with Crippen molar-refractivity contribution in [3.63, 3.8) is 0 Å². The summed E-state index contributed by atoms with van der Waals surface area (Å²) in [5.74, 6) is -0.265. The molecule has 3 rings (SSSR count). The fraction of sp³-hybridized carbons (Fsp3) is 0.167. The van der Waals surface area contributed by atoms with Gasteiger partial charge in [-0.2, -0.15) is 0 Å². The van der Waals surface area contributed by atoms with Crippen LogP contribution in [-0.2, 0) is 6.42 Å². The second-order valence-corrected chi connectivity index (χ2v) is 5.10. The average Bonchev–Trinajstić information content (AvgIpc) is 2.50. The van der Waals surface area contributed by atoms with Crippen LogP contribution in [0.3, 0.4) is 0 Å². The number of aryl methyl sites for hydroxylation is 1. The monoisotopic (exact) mass is 281 g/mol. The molecule has 2 nitrogen and oxygen atoms in total. The van der Waals surface area contributed by atoms with Gasteiger partial charge in [0.05, 0.1) is 5.69 Å². The van der Waals surface area contributed by atoms with Gasteiger partial charge in [-0.1, -0.05) is 12.1 Å². The Kier molecular flexibility index (Phi) is 3.67. The van der Waals surface area contributed by atoms with E-state index < -0.39 is 0 Å². The van der Waals surface area contributed by atoms with Crippen LogP contribution in [0.15, 0.2) is 48.7 Å². The van der Waals surface area contributed by atoms with Crippen molar-refractivity contribution in [3.05, 3.63) is 65.6 Å². The molecule has 0 saturated carbocycles. The van der Waals surface area contributed by atoms with Gasteiger partial charge in [0.2, 0.25) is 0 Å². The third kappa shape index (κ3) is 2.52. The van der Waals surface area contributed by atoms with Gasteiger partial charge in [-0.3, -0.25) is 4.98 Å². The predicted molar refractivity (Wildman–Crippen MR) is 82.7 cm³/mol. The van der Waals surface area contributed by atoms with Crippen LogP contribution in [0.2, 0.25) is 0 Å². The van der Waals surface area contributed by atoms with E-state index in [0.717, 1.165) is 33.2 Å². The zero-order valence-electron chi connectivity index (χ0n) is 11.8. The van der Waals surface area contributed by atoms with E-state index in [2.05, 4.69) is 11.1 Å². The van der Waals surface area contributed by atoms with Crippen molar-refractivity contribution in [1.82, 2.24) is 4.98 Å². The number of aromatic nitrogens is 1. The number of nitrogens with zero attached hydrogens (tertiary/aromatic N) is 1. The van der Waals surface area contributed by atoms with Crippen LogP contribution in [0.5, 0.6) is 0 Å². The molecule has 0 aliphatic rings. The Labute approximate surface area is 122 Å². The highest BCUT2D eigenvalue weighted by Crippen LogP contribution is 2.32. The molecule has 106 valence electrons. The number of rotatable bonds is 3. The van der Waals surface area contributed by atoms with Crippen LogP contribution >= 0.6 is 0 Å². The quantitative estimate of drug-likeness (QED) is 0.790. The van der Waals surface area contributed by atoms with Crippen molar-refractivity contribution < 1.29 is 9.50 Å². The maximum absolute atomic E-state index is 13.6. The zero-order valence-corrected chi connectivity index (χ0v) is 11.8. The summed E-state index contributed by atoms with van der Waals surface area (Å²) in [6.45, 7) is 2.04. The van der Waals surface area contributed by atoms with E-state index in [1.54, 1.807) is 18.3 Å². The van der Waals surface area contributed by atoms with Gasteiger partial charge < -0.3 is 5.11 Å². The third-order valence-corrected chi connectivity index (χ3v) is 3.74. The first-order chi connectivity index (χ1) is 10.2. The van der Waals surface area contributed by atoms with Gasteiger partial charge in [-0.15, -0.1) is 0 Å². The van der Waals surface area contributed by atoms with Crippen LogP contribution in [0.4, 0.5) is 4.39 Å². The molecule has 1 heterocycles. The van der Waals surface area contributed by atoms with E-state index in [9.17, 15) is 9.50 Å². The van der Waals surface area contributed by atoms with Crippen LogP contribution in [0.1, 0.15) is 11.1 Å². The fourth-order valence-corrected chi connectivity index (χ4v) is 2.77. The topological polar surface area (TPSA) is 33.1 Å². The van der Waals surface area contributed by atoms with Gasteiger partial charge in [-0.05, 0) is 65.6 Å². The molecule has 0 amide bonds. The second kappa shape index (κ2) is 5.62. The minimum absolute atomic E-state index is 0.0510. The standard InChI is InChI=1S/C18H16FNO/c1-12-10-17(18-4-2-3-8-20-18)15-6-5-13(19)11-16(15)14(12)7-9-21/h2-6,8,10-11,21H,7,9H2,1H3. The largest absolute Gasteiger partial charge is 0.396 e. The van der Waals surface area contributed by atoms with Crippen LogP contribution in [0.25, 0.3) is 22.0 Å². The summed E-state index contributed by atoms with van der Waals surface area (Å²) in [4.78, 5) is 4.40. The number of hydrogen-bond acceptors (Lipinski definition) is 2. The molecular weight excluding hydrogens is 265 g/mol. The number of hydrogen-bond donors (Lipinski definition) is 1. The van der Waals surface area contributed by atoms with Crippen molar-refractivity contribution in [2.24, 2.45) is 0 Å². The van der Waals surface area contributed by atoms with Crippen molar-refractivity contribution in [2.75, 3.05) is 6.61 Å². The highest BCUT2D eigenvalue weighted by molar-refractivity contribution is 5.98. The summed E-state index contributed by atoms with van der Waals surface area (Å²) in [6.07, 6.45) is 2.27. The van der Waals surface area contributed by atoms with Crippen LogP contribution < -0.4 is 0 Å². The summed E-state index contributed by atoms with van der Waals surface area (Å²) >= 11 is 0. The van der Waals surface area contributed by atoms with E-state index in [1.165, 1.54) is 6.07 Å². The molecule has 0 fully saturated rings. The average molecular weight is 281 g/mol. The number of pyridine rings is 1. The lowest BCUT2D eigenvalue weighted by atomic mass is 9.92. The molecule has 1 aromatic heterocycles. The fourth-order valence-electron chi connectivity index (χ4n) is 2.77. The Morgan fingerprint density at radius 3 is 2.67 bits per heavy atom. The first-order valence-corrected chi connectivity index (χ1v) is 6.94. The molecule has 1 N–H and O–H groups in total. The van der Waals surface area contributed by atoms with Crippen molar-refractivity contribution in [3.8, 4) is 11.3 Å². The van der Waals surface area contributed by atoms with Gasteiger partial charge in [0.15, 0.2) is 0 Å². The molecule has 0 radical (unpaired) electrons. The number of halogens is 1. The smallest absolute Gasteiger partial charge is 0.123 e. The van der Waals surface area contributed by atoms with E-state index in [0.29, 0.717) is 6.42 Å². The number of benzene rings is 2. The molecule has 0 aliphatic carbocycles. The molecule has 0 unspecified atom stereocenters. The third-order valence-electron chi connectivity index (χ3n) is 3.74.